The molecule has 1 N–H and O–H groups in total. The van der Waals surface area contributed by atoms with Crippen LogP contribution < -0.4 is 5.32 Å². The van der Waals surface area contributed by atoms with E-state index in [0.29, 0.717) is 17.3 Å². The monoisotopic (exact) mass is 378 g/mol. The van der Waals surface area contributed by atoms with E-state index in [4.69, 9.17) is 11.6 Å². The van der Waals surface area contributed by atoms with Gasteiger partial charge in [0.25, 0.3) is 5.91 Å². The number of hydrogen-bond donors (Lipinski definition) is 1. The number of thioether (sulfide) groups is 1. The van der Waals surface area contributed by atoms with E-state index >= 15 is 0 Å². The van der Waals surface area contributed by atoms with Gasteiger partial charge >= 0.3 is 6.03 Å². The maximum atomic E-state index is 12.2. The molecule has 1 aromatic heterocycles. The van der Waals surface area contributed by atoms with E-state index in [1.807, 2.05) is 35.9 Å². The molecule has 2 aromatic rings. The summed E-state index contributed by atoms with van der Waals surface area (Å²) in [5.41, 5.74) is 1.10. The fraction of sp³-hybridized carbons (Fsp3) is 0.353. The van der Waals surface area contributed by atoms with Crippen LogP contribution in [-0.2, 0) is 4.79 Å². The van der Waals surface area contributed by atoms with Crippen molar-refractivity contribution in [3.8, 4) is 5.69 Å². The topological polar surface area (TPSA) is 67.2 Å². The molecule has 1 aliphatic heterocycles. The third kappa shape index (κ3) is 3.39. The molecule has 0 bridgehead atoms. The predicted octanol–water partition coefficient (Wildman–Crippen LogP) is 3.26. The predicted molar refractivity (Wildman–Crippen MR) is 98.4 cm³/mol. The largest absolute Gasteiger partial charge is 0.325 e. The normalized spacial score (nSPS) is 16.4. The van der Waals surface area contributed by atoms with Crippen LogP contribution in [0.1, 0.15) is 19.4 Å². The van der Waals surface area contributed by atoms with Gasteiger partial charge in [0.1, 0.15) is 5.54 Å². The first-order chi connectivity index (χ1) is 11.8. The summed E-state index contributed by atoms with van der Waals surface area (Å²) in [6.07, 6.45) is 3.59. The van der Waals surface area contributed by atoms with Crippen LogP contribution in [0.2, 0.25) is 5.02 Å². The molecule has 0 radical (unpaired) electrons. The molecule has 1 saturated heterocycles. The van der Waals surface area contributed by atoms with E-state index in [0.717, 1.165) is 16.4 Å². The van der Waals surface area contributed by atoms with Gasteiger partial charge in [0.2, 0.25) is 0 Å². The van der Waals surface area contributed by atoms with E-state index in [2.05, 4.69) is 10.3 Å². The molecule has 0 spiro atoms. The van der Waals surface area contributed by atoms with E-state index in [1.54, 1.807) is 20.0 Å². The maximum Gasteiger partial charge on any atom is 0.325 e. The number of carbonyl (C=O) groups is 2. The van der Waals surface area contributed by atoms with E-state index in [9.17, 15) is 9.59 Å². The molecule has 132 valence electrons. The van der Waals surface area contributed by atoms with E-state index in [-0.39, 0.29) is 11.9 Å². The van der Waals surface area contributed by atoms with Gasteiger partial charge in [-0.15, -0.1) is 0 Å². The van der Waals surface area contributed by atoms with E-state index < -0.39 is 5.54 Å². The van der Waals surface area contributed by atoms with Gasteiger partial charge in [-0.25, -0.2) is 9.78 Å². The molecule has 1 aliphatic rings. The first-order valence-corrected chi connectivity index (χ1v) is 9.23. The summed E-state index contributed by atoms with van der Waals surface area (Å²) in [5.74, 6) is 0.360. The Morgan fingerprint density at radius 2 is 2.08 bits per heavy atom. The number of nitrogens with one attached hydrogen (secondary N) is 1. The van der Waals surface area contributed by atoms with Gasteiger partial charge in [0.05, 0.1) is 5.69 Å². The Balaban J connectivity index is 1.70. The molecule has 3 amide bonds. The van der Waals surface area contributed by atoms with Crippen molar-refractivity contribution in [2.45, 2.75) is 31.5 Å². The highest BCUT2D eigenvalue weighted by atomic mass is 35.5. The average molecular weight is 379 g/mol. The molecule has 0 unspecified atom stereocenters. The molecule has 6 nitrogen and oxygen atoms in total. The minimum absolute atomic E-state index is 0.202. The smallest absolute Gasteiger partial charge is 0.324 e. The van der Waals surface area contributed by atoms with Crippen LogP contribution in [0.15, 0.2) is 35.7 Å². The number of hydrogen-bond acceptors (Lipinski definition) is 4. The van der Waals surface area contributed by atoms with Crippen LogP contribution in [0, 0.1) is 6.92 Å². The zero-order valence-corrected chi connectivity index (χ0v) is 15.8. The van der Waals surface area contributed by atoms with Crippen LogP contribution in [0.5, 0.6) is 0 Å². The molecule has 2 heterocycles. The average Bonchev–Trinajstić information content (AvgIpc) is 3.08. The fourth-order valence-corrected chi connectivity index (χ4v) is 3.75. The standard InChI is InChI=1S/C17H19ClN4O2S/c1-11-12(18)5-4-6-13(11)21-8-7-19-16(21)25-10-9-22-14(23)17(2,3)20-15(22)24/h4-8H,9-10H2,1-3H3,(H,20,24). The molecular weight excluding hydrogens is 360 g/mol. The fourth-order valence-electron chi connectivity index (χ4n) is 2.69. The van der Waals surface area contributed by atoms with Gasteiger partial charge in [0.15, 0.2) is 5.16 Å². The third-order valence-corrected chi connectivity index (χ3v) is 5.45. The summed E-state index contributed by atoms with van der Waals surface area (Å²) in [5, 5.41) is 4.17. The van der Waals surface area contributed by atoms with Crippen molar-refractivity contribution >= 4 is 35.3 Å². The minimum Gasteiger partial charge on any atom is -0.324 e. The number of aromatic nitrogens is 2. The van der Waals surface area contributed by atoms with Crippen molar-refractivity contribution in [1.29, 1.82) is 0 Å². The summed E-state index contributed by atoms with van der Waals surface area (Å²) in [6, 6.07) is 5.38. The zero-order chi connectivity index (χ0) is 18.2. The van der Waals surface area contributed by atoms with Crippen molar-refractivity contribution in [1.82, 2.24) is 19.8 Å². The number of carbonyl (C=O) groups excluding carboxylic acids is 2. The van der Waals surface area contributed by atoms with Crippen LogP contribution >= 0.6 is 23.4 Å². The molecule has 0 saturated carbocycles. The SMILES string of the molecule is Cc1c(Cl)cccc1-n1ccnc1SCCN1C(=O)NC(C)(C)C1=O. The number of urea groups is 1. The minimum atomic E-state index is -0.835. The Bertz CT molecular complexity index is 834. The summed E-state index contributed by atoms with van der Waals surface area (Å²) in [4.78, 5) is 29.7. The number of imidazole rings is 1. The van der Waals surface area contributed by atoms with Gasteiger partial charge in [-0.05, 0) is 38.5 Å². The lowest BCUT2D eigenvalue weighted by Gasteiger charge is -2.16. The Kier molecular flexibility index (Phi) is 4.79. The zero-order valence-electron chi connectivity index (χ0n) is 14.2. The molecule has 1 aromatic carbocycles. The summed E-state index contributed by atoms with van der Waals surface area (Å²) < 4.78 is 1.96. The lowest BCUT2D eigenvalue weighted by atomic mass is 10.1. The molecule has 0 aliphatic carbocycles. The number of amides is 3. The molecule has 1 fully saturated rings. The summed E-state index contributed by atoms with van der Waals surface area (Å²) in [7, 11) is 0. The highest BCUT2D eigenvalue weighted by Crippen LogP contribution is 2.27. The highest BCUT2D eigenvalue weighted by Gasteiger charge is 2.43. The molecule has 8 heteroatoms. The Morgan fingerprint density at radius 3 is 2.76 bits per heavy atom. The quantitative estimate of drug-likeness (QED) is 0.640. The van der Waals surface area contributed by atoms with Crippen LogP contribution in [0.25, 0.3) is 5.69 Å². The van der Waals surface area contributed by atoms with Gasteiger partial charge in [-0.2, -0.15) is 0 Å². The maximum absolute atomic E-state index is 12.2. The second kappa shape index (κ2) is 6.72. The van der Waals surface area contributed by atoms with Gasteiger partial charge in [-0.3, -0.25) is 14.3 Å². The van der Waals surface area contributed by atoms with Gasteiger partial charge in [-0.1, -0.05) is 29.4 Å². The number of halogens is 1. The number of benzene rings is 1. The Morgan fingerprint density at radius 1 is 1.32 bits per heavy atom. The van der Waals surface area contributed by atoms with E-state index in [1.165, 1.54) is 16.7 Å². The molecule has 3 rings (SSSR count). The van der Waals surface area contributed by atoms with Crippen LogP contribution in [-0.4, -0.2) is 44.2 Å². The number of nitrogens with zero attached hydrogens (tertiary/aromatic N) is 3. The molecule has 25 heavy (non-hydrogen) atoms. The van der Waals surface area contributed by atoms with Crippen molar-refractivity contribution < 1.29 is 9.59 Å². The Labute approximate surface area is 155 Å². The number of rotatable bonds is 5. The Hall–Kier alpha value is -1.99. The highest BCUT2D eigenvalue weighted by molar-refractivity contribution is 7.99. The van der Waals surface area contributed by atoms with Gasteiger partial charge < -0.3 is 5.32 Å². The number of imide groups is 1. The summed E-state index contributed by atoms with van der Waals surface area (Å²) >= 11 is 7.69. The van der Waals surface area contributed by atoms with Gasteiger partial charge in [0, 0.05) is 29.7 Å². The van der Waals surface area contributed by atoms with Crippen LogP contribution in [0.3, 0.4) is 0 Å². The van der Waals surface area contributed by atoms with Crippen LogP contribution in [0.4, 0.5) is 4.79 Å². The lowest BCUT2D eigenvalue weighted by molar-refractivity contribution is -0.130. The van der Waals surface area contributed by atoms with Crippen molar-refractivity contribution in [3.63, 3.8) is 0 Å². The first-order valence-electron chi connectivity index (χ1n) is 7.87. The van der Waals surface area contributed by atoms with Crippen molar-refractivity contribution in [3.05, 3.63) is 41.2 Å². The van der Waals surface area contributed by atoms with Crippen molar-refractivity contribution in [2.24, 2.45) is 0 Å². The molecule has 0 atom stereocenters. The second-order valence-corrected chi connectivity index (χ2v) is 7.79. The second-order valence-electron chi connectivity index (χ2n) is 6.32. The molecular formula is C17H19ClN4O2S. The lowest BCUT2D eigenvalue weighted by Crippen LogP contribution is -2.40. The third-order valence-electron chi connectivity index (χ3n) is 4.10. The first kappa shape index (κ1) is 17.8. The van der Waals surface area contributed by atoms with Crippen molar-refractivity contribution in [2.75, 3.05) is 12.3 Å². The summed E-state index contributed by atoms with van der Waals surface area (Å²) in [6.45, 7) is 5.70.